The van der Waals surface area contributed by atoms with Crippen molar-refractivity contribution in [2.24, 2.45) is 5.84 Å². The third-order valence-corrected chi connectivity index (χ3v) is 3.80. The molecule has 0 aliphatic heterocycles. The molecular formula is C18H15F2N5O3. The Morgan fingerprint density at radius 2 is 1.89 bits per heavy atom. The first-order valence-corrected chi connectivity index (χ1v) is 8.05. The number of nitrogen functional groups attached to an aromatic ring is 1. The number of ether oxygens (including phenoxy) is 1. The van der Waals surface area contributed by atoms with Crippen LogP contribution in [0.25, 0.3) is 11.4 Å². The SMILES string of the molecule is NNC(=O)c1ccc(Cn2c(-c3ccccc3)ncc(OC(F)F)c2=O)nc1. The Morgan fingerprint density at radius 1 is 1.14 bits per heavy atom. The molecule has 3 rings (SSSR count). The van der Waals surface area contributed by atoms with E-state index in [4.69, 9.17) is 5.84 Å². The molecule has 0 saturated carbocycles. The molecule has 0 spiro atoms. The van der Waals surface area contributed by atoms with Crippen molar-refractivity contribution in [3.05, 3.63) is 76.5 Å². The smallest absolute Gasteiger partial charge is 0.387 e. The van der Waals surface area contributed by atoms with Gasteiger partial charge in [-0.05, 0) is 12.1 Å². The largest absolute Gasteiger partial charge is 0.427 e. The van der Waals surface area contributed by atoms with Gasteiger partial charge < -0.3 is 4.74 Å². The van der Waals surface area contributed by atoms with Gasteiger partial charge in [0.15, 0.2) is 0 Å². The predicted molar refractivity (Wildman–Crippen MR) is 95.6 cm³/mol. The van der Waals surface area contributed by atoms with Crippen LogP contribution in [0.4, 0.5) is 8.78 Å². The quantitative estimate of drug-likeness (QED) is 0.377. The van der Waals surface area contributed by atoms with E-state index in [1.165, 1.54) is 22.9 Å². The van der Waals surface area contributed by atoms with Crippen molar-refractivity contribution in [2.45, 2.75) is 13.2 Å². The van der Waals surface area contributed by atoms with Gasteiger partial charge in [0.2, 0.25) is 5.75 Å². The summed E-state index contributed by atoms with van der Waals surface area (Å²) in [5.41, 5.74) is 2.46. The number of rotatable bonds is 6. The summed E-state index contributed by atoms with van der Waals surface area (Å²) in [6, 6.07) is 11.8. The zero-order chi connectivity index (χ0) is 20.1. The van der Waals surface area contributed by atoms with Gasteiger partial charge in [0.25, 0.3) is 11.5 Å². The van der Waals surface area contributed by atoms with Gasteiger partial charge in [-0.15, -0.1) is 0 Å². The summed E-state index contributed by atoms with van der Waals surface area (Å²) >= 11 is 0. The number of hydrogen-bond acceptors (Lipinski definition) is 6. The van der Waals surface area contributed by atoms with E-state index >= 15 is 0 Å². The third-order valence-electron chi connectivity index (χ3n) is 3.80. The molecule has 0 fully saturated rings. The molecule has 2 aromatic heterocycles. The zero-order valence-electron chi connectivity index (χ0n) is 14.4. The number of nitrogens with one attached hydrogen (secondary N) is 1. The van der Waals surface area contributed by atoms with E-state index in [-0.39, 0.29) is 17.9 Å². The van der Waals surface area contributed by atoms with Crippen molar-refractivity contribution in [1.82, 2.24) is 20.0 Å². The minimum Gasteiger partial charge on any atom is -0.427 e. The lowest BCUT2D eigenvalue weighted by Gasteiger charge is -2.14. The molecule has 2 heterocycles. The van der Waals surface area contributed by atoms with Crippen LogP contribution in [-0.2, 0) is 6.54 Å². The number of hydrogen-bond donors (Lipinski definition) is 2. The minimum atomic E-state index is -3.15. The highest BCUT2D eigenvalue weighted by atomic mass is 19.3. The summed E-state index contributed by atoms with van der Waals surface area (Å²) in [5.74, 6) is 4.24. The highest BCUT2D eigenvalue weighted by molar-refractivity contribution is 5.93. The zero-order valence-corrected chi connectivity index (χ0v) is 14.4. The summed E-state index contributed by atoms with van der Waals surface area (Å²) in [7, 11) is 0. The van der Waals surface area contributed by atoms with Crippen LogP contribution in [-0.4, -0.2) is 27.1 Å². The minimum absolute atomic E-state index is 0.0684. The van der Waals surface area contributed by atoms with E-state index in [0.717, 1.165) is 6.20 Å². The van der Waals surface area contributed by atoms with Gasteiger partial charge in [0, 0.05) is 11.8 Å². The van der Waals surface area contributed by atoms with Crippen molar-refractivity contribution >= 4 is 5.91 Å². The monoisotopic (exact) mass is 387 g/mol. The standard InChI is InChI=1S/C18H15F2N5O3/c19-18(20)28-14-9-23-15(11-4-2-1-3-5-11)25(17(14)27)10-13-7-6-12(8-22-13)16(26)24-21/h1-9,18H,10,21H2,(H,24,26). The molecule has 8 nitrogen and oxygen atoms in total. The van der Waals surface area contributed by atoms with Gasteiger partial charge in [-0.2, -0.15) is 8.78 Å². The summed E-state index contributed by atoms with van der Waals surface area (Å²) in [5, 5.41) is 0. The molecule has 0 aliphatic rings. The second-order valence-electron chi connectivity index (χ2n) is 5.59. The summed E-state index contributed by atoms with van der Waals surface area (Å²) in [4.78, 5) is 32.4. The molecule has 3 aromatic rings. The average molecular weight is 387 g/mol. The number of pyridine rings is 1. The number of nitrogens with zero attached hydrogens (tertiary/aromatic N) is 3. The fourth-order valence-electron chi connectivity index (χ4n) is 2.51. The van der Waals surface area contributed by atoms with Crippen molar-refractivity contribution in [1.29, 1.82) is 0 Å². The molecule has 0 radical (unpaired) electrons. The van der Waals surface area contributed by atoms with E-state index in [0.29, 0.717) is 11.3 Å². The number of alkyl halides is 2. The fraction of sp³-hybridized carbons (Fsp3) is 0.111. The fourth-order valence-corrected chi connectivity index (χ4v) is 2.51. The average Bonchev–Trinajstić information content (AvgIpc) is 2.71. The molecule has 3 N–H and O–H groups in total. The summed E-state index contributed by atoms with van der Waals surface area (Å²) in [6.07, 6.45) is 2.26. The Bertz CT molecular complexity index is 1020. The number of carbonyl (C=O) groups is 1. The molecule has 0 aliphatic carbocycles. The van der Waals surface area contributed by atoms with Crippen LogP contribution in [0.3, 0.4) is 0 Å². The predicted octanol–water partition coefficient (Wildman–Crippen LogP) is 1.56. The topological polar surface area (TPSA) is 112 Å². The number of aromatic nitrogens is 3. The number of halogens is 2. The van der Waals surface area contributed by atoms with E-state index in [2.05, 4.69) is 14.7 Å². The van der Waals surface area contributed by atoms with Gasteiger partial charge in [-0.3, -0.25) is 24.6 Å². The summed E-state index contributed by atoms with van der Waals surface area (Å²) < 4.78 is 30.6. The van der Waals surface area contributed by atoms with E-state index < -0.39 is 23.8 Å². The van der Waals surface area contributed by atoms with E-state index in [1.807, 2.05) is 5.43 Å². The van der Waals surface area contributed by atoms with Gasteiger partial charge in [-0.1, -0.05) is 30.3 Å². The van der Waals surface area contributed by atoms with Crippen LogP contribution in [0.2, 0.25) is 0 Å². The molecule has 0 saturated heterocycles. The Balaban J connectivity index is 2.04. The molecule has 144 valence electrons. The molecule has 0 atom stereocenters. The Kier molecular flexibility index (Phi) is 5.70. The van der Waals surface area contributed by atoms with Crippen LogP contribution in [0.5, 0.6) is 5.75 Å². The first-order chi connectivity index (χ1) is 13.5. The highest BCUT2D eigenvalue weighted by Crippen LogP contribution is 2.18. The van der Waals surface area contributed by atoms with Crippen molar-refractivity contribution in [2.75, 3.05) is 0 Å². The first-order valence-electron chi connectivity index (χ1n) is 8.05. The molecule has 1 aromatic carbocycles. The molecular weight excluding hydrogens is 372 g/mol. The summed E-state index contributed by atoms with van der Waals surface area (Å²) in [6.45, 7) is -3.22. The normalized spacial score (nSPS) is 10.7. The van der Waals surface area contributed by atoms with Crippen LogP contribution < -0.4 is 21.6 Å². The van der Waals surface area contributed by atoms with Gasteiger partial charge >= 0.3 is 6.61 Å². The Morgan fingerprint density at radius 3 is 2.50 bits per heavy atom. The number of benzene rings is 1. The lowest BCUT2D eigenvalue weighted by atomic mass is 10.2. The Labute approximate surface area is 157 Å². The van der Waals surface area contributed by atoms with Crippen molar-refractivity contribution < 1.29 is 18.3 Å². The van der Waals surface area contributed by atoms with Gasteiger partial charge in [0.05, 0.1) is 24.0 Å². The van der Waals surface area contributed by atoms with Crippen molar-refractivity contribution in [3.63, 3.8) is 0 Å². The van der Waals surface area contributed by atoms with Gasteiger partial charge in [0.1, 0.15) is 5.82 Å². The molecule has 0 bridgehead atoms. The highest BCUT2D eigenvalue weighted by Gasteiger charge is 2.17. The van der Waals surface area contributed by atoms with Crippen LogP contribution in [0.15, 0.2) is 59.7 Å². The first kappa shape index (κ1) is 19.1. The third kappa shape index (κ3) is 4.18. The number of amides is 1. The maximum absolute atomic E-state index is 12.7. The van der Waals surface area contributed by atoms with E-state index in [1.54, 1.807) is 30.3 Å². The number of hydrazine groups is 1. The van der Waals surface area contributed by atoms with E-state index in [9.17, 15) is 18.4 Å². The molecule has 10 heteroatoms. The maximum Gasteiger partial charge on any atom is 0.387 e. The van der Waals surface area contributed by atoms with Crippen molar-refractivity contribution in [3.8, 4) is 17.1 Å². The van der Waals surface area contributed by atoms with Crippen LogP contribution >= 0.6 is 0 Å². The number of carbonyl (C=O) groups excluding carboxylic acids is 1. The maximum atomic E-state index is 12.7. The lowest BCUT2D eigenvalue weighted by Crippen LogP contribution is -2.30. The molecule has 28 heavy (non-hydrogen) atoms. The molecule has 1 amide bonds. The van der Waals surface area contributed by atoms with Crippen LogP contribution in [0, 0.1) is 0 Å². The molecule has 0 unspecified atom stereocenters. The van der Waals surface area contributed by atoms with Gasteiger partial charge in [-0.25, -0.2) is 10.8 Å². The second kappa shape index (κ2) is 8.35. The Hall–Kier alpha value is -3.66. The second-order valence-corrected chi connectivity index (χ2v) is 5.59. The van der Waals surface area contributed by atoms with Crippen LogP contribution in [0.1, 0.15) is 16.1 Å². The number of nitrogens with two attached hydrogens (primary N) is 1. The lowest BCUT2D eigenvalue weighted by molar-refractivity contribution is -0.0513.